The maximum Gasteiger partial charge on any atom is 0.318 e. The molecule has 1 aliphatic carbocycles. The Morgan fingerprint density at radius 3 is 2.36 bits per heavy atom. The highest BCUT2D eigenvalue weighted by atomic mass is 16.6. The summed E-state index contributed by atoms with van der Waals surface area (Å²) in [5.74, 6) is 1.25. The molecule has 0 radical (unpaired) electrons. The number of rotatable bonds is 4. The molecule has 0 saturated heterocycles. The second-order valence-corrected chi connectivity index (χ2v) is 9.49. The molecule has 1 unspecified atom stereocenters. The standard InChI is InChI=1S/C26H31N3O4/c1-17-20-13-22-23(33-11-10-32-22)14-21(20)26(8-2-3-9-26)16-29(17)25(31)28-15-19-6-4-18(5-7-19)12-24(27)30/h4-7,13-14,17H,2-3,8-12,15-16H2,1H3,(H2,27,30)(H,28,31). The number of hydrogen-bond donors (Lipinski definition) is 2. The van der Waals surface area contributed by atoms with Crippen molar-refractivity contribution < 1.29 is 19.1 Å². The Labute approximate surface area is 194 Å². The molecule has 7 nitrogen and oxygen atoms in total. The minimum Gasteiger partial charge on any atom is -0.486 e. The fraction of sp³-hybridized carbons (Fsp3) is 0.462. The van der Waals surface area contributed by atoms with Crippen molar-refractivity contribution in [2.45, 2.75) is 57.0 Å². The normalized spacial score (nSPS) is 20.4. The zero-order valence-electron chi connectivity index (χ0n) is 19.1. The van der Waals surface area contributed by atoms with Crippen LogP contribution in [-0.4, -0.2) is 36.6 Å². The van der Waals surface area contributed by atoms with Crippen LogP contribution in [0.5, 0.6) is 11.5 Å². The summed E-state index contributed by atoms with van der Waals surface area (Å²) in [6, 6.07) is 11.8. The molecular formula is C26H31N3O4. The van der Waals surface area contributed by atoms with Crippen molar-refractivity contribution in [2.75, 3.05) is 19.8 Å². The Bertz CT molecular complexity index is 1060. The topological polar surface area (TPSA) is 93.9 Å². The Kier molecular flexibility index (Phi) is 5.64. The van der Waals surface area contributed by atoms with Gasteiger partial charge in [-0.1, -0.05) is 37.1 Å². The minimum absolute atomic E-state index is 0.0224. The molecule has 2 aliphatic heterocycles. The van der Waals surface area contributed by atoms with Gasteiger partial charge >= 0.3 is 6.03 Å². The molecule has 2 aromatic rings. The first-order valence-corrected chi connectivity index (χ1v) is 11.8. The van der Waals surface area contributed by atoms with Gasteiger partial charge in [0.15, 0.2) is 11.5 Å². The van der Waals surface area contributed by atoms with Crippen molar-refractivity contribution in [3.05, 3.63) is 58.7 Å². The summed E-state index contributed by atoms with van der Waals surface area (Å²) in [6.45, 7) is 4.36. The number of ether oxygens (including phenoxy) is 2. The summed E-state index contributed by atoms with van der Waals surface area (Å²) in [4.78, 5) is 26.4. The number of primary amides is 1. The highest BCUT2D eigenvalue weighted by Gasteiger charge is 2.46. The molecule has 3 N–H and O–H groups in total. The van der Waals surface area contributed by atoms with E-state index in [0.29, 0.717) is 26.3 Å². The van der Waals surface area contributed by atoms with E-state index in [1.165, 1.54) is 24.0 Å². The van der Waals surface area contributed by atoms with Gasteiger partial charge < -0.3 is 25.4 Å². The van der Waals surface area contributed by atoms with E-state index in [0.717, 1.165) is 35.5 Å². The Morgan fingerprint density at radius 1 is 1.06 bits per heavy atom. The average Bonchev–Trinajstić information content (AvgIpc) is 3.29. The number of carbonyl (C=O) groups excluding carboxylic acids is 2. The number of nitrogens with zero attached hydrogens (tertiary/aromatic N) is 1. The number of hydrogen-bond acceptors (Lipinski definition) is 4. The molecule has 174 valence electrons. The maximum atomic E-state index is 13.3. The molecule has 0 aromatic heterocycles. The molecule has 1 atom stereocenters. The molecule has 7 heteroatoms. The summed E-state index contributed by atoms with van der Waals surface area (Å²) in [5, 5.41) is 3.10. The van der Waals surface area contributed by atoms with Crippen LogP contribution < -0.4 is 20.5 Å². The van der Waals surface area contributed by atoms with Gasteiger partial charge in [0.25, 0.3) is 0 Å². The number of benzene rings is 2. The third kappa shape index (κ3) is 4.12. The van der Waals surface area contributed by atoms with Crippen molar-refractivity contribution in [2.24, 2.45) is 5.73 Å². The SMILES string of the molecule is CC1c2cc3c(cc2C2(CCCC2)CN1C(=O)NCc1ccc(CC(N)=O)cc1)OCCO3. The predicted molar refractivity (Wildman–Crippen MR) is 124 cm³/mol. The first-order valence-electron chi connectivity index (χ1n) is 11.8. The van der Waals surface area contributed by atoms with Gasteiger partial charge in [0.05, 0.1) is 12.5 Å². The predicted octanol–water partition coefficient (Wildman–Crippen LogP) is 3.58. The molecule has 0 bridgehead atoms. The van der Waals surface area contributed by atoms with Gasteiger partial charge in [0.1, 0.15) is 13.2 Å². The van der Waals surface area contributed by atoms with E-state index >= 15 is 0 Å². The third-order valence-corrected chi connectivity index (χ3v) is 7.34. The van der Waals surface area contributed by atoms with Gasteiger partial charge in [-0.25, -0.2) is 4.79 Å². The third-order valence-electron chi connectivity index (χ3n) is 7.34. The number of carbonyl (C=O) groups is 2. The quantitative estimate of drug-likeness (QED) is 0.746. The number of fused-ring (bicyclic) bond motifs is 3. The first kappa shape index (κ1) is 21.6. The lowest BCUT2D eigenvalue weighted by molar-refractivity contribution is -0.117. The highest BCUT2D eigenvalue weighted by Crippen LogP contribution is 2.51. The molecule has 2 aromatic carbocycles. The molecular weight excluding hydrogens is 418 g/mol. The van der Waals surface area contributed by atoms with Crippen LogP contribution >= 0.6 is 0 Å². The second kappa shape index (κ2) is 8.61. The lowest BCUT2D eigenvalue weighted by Crippen LogP contribution is -2.51. The van der Waals surface area contributed by atoms with Crippen LogP contribution in [0.15, 0.2) is 36.4 Å². The van der Waals surface area contributed by atoms with E-state index in [1.807, 2.05) is 29.2 Å². The summed E-state index contributed by atoms with van der Waals surface area (Å²) < 4.78 is 11.7. The van der Waals surface area contributed by atoms with Gasteiger partial charge in [-0.05, 0) is 54.2 Å². The Morgan fingerprint density at radius 2 is 1.70 bits per heavy atom. The smallest absolute Gasteiger partial charge is 0.318 e. The van der Waals surface area contributed by atoms with Crippen LogP contribution in [0.3, 0.4) is 0 Å². The maximum absolute atomic E-state index is 13.3. The number of nitrogens with one attached hydrogen (secondary N) is 1. The van der Waals surface area contributed by atoms with Crippen LogP contribution in [0.2, 0.25) is 0 Å². The zero-order valence-corrected chi connectivity index (χ0v) is 19.1. The summed E-state index contributed by atoms with van der Waals surface area (Å²) in [5.41, 5.74) is 9.58. The average molecular weight is 450 g/mol. The van der Waals surface area contributed by atoms with Crippen molar-refractivity contribution in [1.82, 2.24) is 10.2 Å². The number of amides is 3. The van der Waals surface area contributed by atoms with Crippen molar-refractivity contribution in [1.29, 1.82) is 0 Å². The van der Waals surface area contributed by atoms with Crippen LogP contribution in [0.25, 0.3) is 0 Å². The van der Waals surface area contributed by atoms with E-state index in [1.54, 1.807) is 0 Å². The van der Waals surface area contributed by atoms with Crippen LogP contribution in [0.4, 0.5) is 4.79 Å². The Balaban J connectivity index is 1.35. The summed E-state index contributed by atoms with van der Waals surface area (Å²) in [7, 11) is 0. The van der Waals surface area contributed by atoms with Gasteiger partial charge in [-0.2, -0.15) is 0 Å². The van der Waals surface area contributed by atoms with E-state index in [-0.39, 0.29) is 29.8 Å². The monoisotopic (exact) mass is 449 g/mol. The van der Waals surface area contributed by atoms with Crippen LogP contribution in [-0.2, 0) is 23.2 Å². The van der Waals surface area contributed by atoms with E-state index in [9.17, 15) is 9.59 Å². The van der Waals surface area contributed by atoms with Gasteiger partial charge in [0.2, 0.25) is 5.91 Å². The molecule has 1 saturated carbocycles. The molecule has 3 aliphatic rings. The lowest BCUT2D eigenvalue weighted by Gasteiger charge is -2.46. The lowest BCUT2D eigenvalue weighted by atomic mass is 9.71. The van der Waals surface area contributed by atoms with Gasteiger partial charge in [0, 0.05) is 18.5 Å². The molecule has 3 amide bonds. The van der Waals surface area contributed by atoms with Gasteiger partial charge in [-0.15, -0.1) is 0 Å². The van der Waals surface area contributed by atoms with Gasteiger partial charge in [-0.3, -0.25) is 4.79 Å². The zero-order chi connectivity index (χ0) is 23.0. The van der Waals surface area contributed by atoms with Crippen molar-refractivity contribution >= 4 is 11.9 Å². The largest absolute Gasteiger partial charge is 0.486 e. The fourth-order valence-corrected chi connectivity index (χ4v) is 5.61. The summed E-state index contributed by atoms with van der Waals surface area (Å²) in [6.07, 6.45) is 4.73. The van der Waals surface area contributed by atoms with Crippen molar-refractivity contribution in [3.8, 4) is 11.5 Å². The minimum atomic E-state index is -0.352. The van der Waals surface area contributed by atoms with Crippen molar-refractivity contribution in [3.63, 3.8) is 0 Å². The molecule has 33 heavy (non-hydrogen) atoms. The second-order valence-electron chi connectivity index (χ2n) is 9.49. The molecule has 1 spiro atoms. The molecule has 5 rings (SSSR count). The van der Waals surface area contributed by atoms with Crippen LogP contribution in [0.1, 0.15) is 60.9 Å². The Hall–Kier alpha value is -3.22. The fourth-order valence-electron chi connectivity index (χ4n) is 5.61. The highest BCUT2D eigenvalue weighted by molar-refractivity contribution is 5.77. The summed E-state index contributed by atoms with van der Waals surface area (Å²) >= 11 is 0. The number of nitrogens with two attached hydrogens (primary N) is 1. The van der Waals surface area contributed by atoms with E-state index in [4.69, 9.17) is 15.2 Å². The number of urea groups is 1. The van der Waals surface area contributed by atoms with E-state index < -0.39 is 0 Å². The first-order chi connectivity index (χ1) is 15.9. The van der Waals surface area contributed by atoms with E-state index in [2.05, 4.69) is 24.4 Å². The molecule has 2 heterocycles. The molecule has 1 fully saturated rings. The van der Waals surface area contributed by atoms with Crippen LogP contribution in [0, 0.1) is 0 Å².